The number of carbonyl (C=O) groups is 3. The van der Waals surface area contributed by atoms with Gasteiger partial charge in [-0.25, -0.2) is 4.79 Å². The minimum Gasteiger partial charge on any atom is -0.462 e. The molecular weight excluding hydrogens is 456 g/mol. The van der Waals surface area contributed by atoms with Crippen molar-refractivity contribution >= 4 is 51.6 Å². The van der Waals surface area contributed by atoms with Gasteiger partial charge in [-0.15, -0.1) is 23.1 Å². The van der Waals surface area contributed by atoms with Crippen molar-refractivity contribution in [2.24, 2.45) is 0 Å². The number of thioether (sulfide) groups is 1. The first-order chi connectivity index (χ1) is 16.0. The fourth-order valence-corrected chi connectivity index (χ4v) is 5.90. The Labute approximate surface area is 203 Å². The molecule has 1 aliphatic rings. The number of benzene rings is 1. The summed E-state index contributed by atoms with van der Waals surface area (Å²) in [5.74, 6) is -0.330. The van der Waals surface area contributed by atoms with Crippen molar-refractivity contribution < 1.29 is 19.1 Å². The van der Waals surface area contributed by atoms with Crippen LogP contribution >= 0.6 is 23.1 Å². The van der Waals surface area contributed by atoms with Crippen molar-refractivity contribution in [3.8, 4) is 0 Å². The van der Waals surface area contributed by atoms with Crippen LogP contribution in [-0.4, -0.2) is 30.1 Å². The number of fused-ring (bicyclic) bond motifs is 1. The SMILES string of the molecule is CCCC(=O)Nc1cccc(SCC(=O)Nc2sc3c(c2C(=O)OCC)CCCCCC3)c1. The summed E-state index contributed by atoms with van der Waals surface area (Å²) in [5.41, 5.74) is 2.32. The Bertz CT molecular complexity index is 987. The van der Waals surface area contributed by atoms with Gasteiger partial charge < -0.3 is 15.4 Å². The second kappa shape index (κ2) is 12.8. The largest absolute Gasteiger partial charge is 0.462 e. The van der Waals surface area contributed by atoms with Gasteiger partial charge in [0.15, 0.2) is 0 Å². The first-order valence-corrected chi connectivity index (χ1v) is 13.5. The number of hydrogen-bond donors (Lipinski definition) is 2. The van der Waals surface area contributed by atoms with E-state index in [9.17, 15) is 14.4 Å². The highest BCUT2D eigenvalue weighted by molar-refractivity contribution is 8.00. The lowest BCUT2D eigenvalue weighted by Crippen LogP contribution is -2.17. The number of nitrogens with one attached hydrogen (secondary N) is 2. The molecule has 178 valence electrons. The van der Waals surface area contributed by atoms with Gasteiger partial charge in [-0.2, -0.15) is 0 Å². The molecule has 2 aromatic rings. The van der Waals surface area contributed by atoms with Crippen molar-refractivity contribution in [1.29, 1.82) is 0 Å². The molecule has 6 nitrogen and oxygen atoms in total. The van der Waals surface area contributed by atoms with Crippen molar-refractivity contribution in [1.82, 2.24) is 0 Å². The molecule has 0 atom stereocenters. The second-order valence-corrected chi connectivity index (χ2v) is 10.2. The number of esters is 1. The summed E-state index contributed by atoms with van der Waals surface area (Å²) >= 11 is 2.91. The number of carbonyl (C=O) groups excluding carboxylic acids is 3. The highest BCUT2D eigenvalue weighted by atomic mass is 32.2. The Morgan fingerprint density at radius 3 is 2.58 bits per heavy atom. The maximum absolute atomic E-state index is 12.8. The zero-order valence-electron chi connectivity index (χ0n) is 19.3. The number of amides is 2. The Morgan fingerprint density at radius 1 is 1.03 bits per heavy atom. The summed E-state index contributed by atoms with van der Waals surface area (Å²) in [6.07, 6.45) is 7.56. The lowest BCUT2D eigenvalue weighted by Gasteiger charge is -2.11. The fourth-order valence-electron chi connectivity index (χ4n) is 3.85. The zero-order chi connectivity index (χ0) is 23.6. The molecule has 2 N–H and O–H groups in total. The van der Waals surface area contributed by atoms with Crippen LogP contribution in [0.2, 0.25) is 0 Å². The molecule has 1 aromatic carbocycles. The van der Waals surface area contributed by atoms with E-state index in [1.807, 2.05) is 31.2 Å². The van der Waals surface area contributed by atoms with Crippen LogP contribution in [0.25, 0.3) is 0 Å². The fraction of sp³-hybridized carbons (Fsp3) is 0.480. The molecule has 1 aliphatic carbocycles. The molecule has 3 rings (SSSR count). The number of anilines is 2. The van der Waals surface area contributed by atoms with E-state index < -0.39 is 0 Å². The van der Waals surface area contributed by atoms with Gasteiger partial charge in [0.25, 0.3) is 0 Å². The van der Waals surface area contributed by atoms with E-state index in [0.29, 0.717) is 23.6 Å². The third kappa shape index (κ3) is 7.33. The van der Waals surface area contributed by atoms with Gasteiger partial charge in [-0.3, -0.25) is 9.59 Å². The molecule has 33 heavy (non-hydrogen) atoms. The average molecular weight is 489 g/mol. The molecule has 1 aromatic heterocycles. The van der Waals surface area contributed by atoms with Crippen LogP contribution in [0.4, 0.5) is 10.7 Å². The van der Waals surface area contributed by atoms with Gasteiger partial charge >= 0.3 is 5.97 Å². The predicted octanol–water partition coefficient (Wildman–Crippen LogP) is 6.05. The molecule has 8 heteroatoms. The van der Waals surface area contributed by atoms with E-state index in [2.05, 4.69) is 10.6 Å². The number of thiophene rings is 1. The van der Waals surface area contributed by atoms with Crippen LogP contribution in [0, 0.1) is 0 Å². The van der Waals surface area contributed by atoms with Gasteiger partial charge in [0, 0.05) is 21.9 Å². The molecule has 0 radical (unpaired) electrons. The number of hydrogen-bond acceptors (Lipinski definition) is 6. The summed E-state index contributed by atoms with van der Waals surface area (Å²) in [6, 6.07) is 7.48. The number of ether oxygens (including phenoxy) is 1. The van der Waals surface area contributed by atoms with Crippen molar-refractivity contribution in [3.63, 3.8) is 0 Å². The highest BCUT2D eigenvalue weighted by Gasteiger charge is 2.26. The third-order valence-corrected chi connectivity index (χ3v) is 7.57. The molecule has 2 amide bonds. The predicted molar refractivity (Wildman–Crippen MR) is 135 cm³/mol. The van der Waals surface area contributed by atoms with Crippen LogP contribution < -0.4 is 10.6 Å². The third-order valence-electron chi connectivity index (χ3n) is 5.37. The van der Waals surface area contributed by atoms with Crippen LogP contribution in [0.15, 0.2) is 29.2 Å². The lowest BCUT2D eigenvalue weighted by atomic mass is 9.96. The Hall–Kier alpha value is -2.32. The first kappa shape index (κ1) is 25.3. The summed E-state index contributed by atoms with van der Waals surface area (Å²) in [6.45, 7) is 4.06. The van der Waals surface area contributed by atoms with Gasteiger partial charge in [-0.05, 0) is 62.8 Å². The van der Waals surface area contributed by atoms with Crippen molar-refractivity contribution in [2.45, 2.75) is 70.1 Å². The molecule has 0 saturated heterocycles. The maximum atomic E-state index is 12.8. The van der Waals surface area contributed by atoms with E-state index >= 15 is 0 Å². The highest BCUT2D eigenvalue weighted by Crippen LogP contribution is 2.37. The standard InChI is InChI=1S/C25H32N2O4S2/c1-3-10-21(28)26-17-11-9-12-18(15-17)32-16-22(29)27-24-23(25(30)31-4-2)19-13-7-5-6-8-14-20(19)33-24/h9,11-12,15H,3-8,10,13-14,16H2,1-2H3,(H,26,28)(H,27,29). The smallest absolute Gasteiger partial charge is 0.341 e. The summed E-state index contributed by atoms with van der Waals surface area (Å²) in [4.78, 5) is 39.4. The van der Waals surface area contributed by atoms with E-state index in [-0.39, 0.29) is 23.5 Å². The number of aryl methyl sites for hydroxylation is 1. The topological polar surface area (TPSA) is 84.5 Å². The van der Waals surface area contributed by atoms with Crippen molar-refractivity contribution in [3.05, 3.63) is 40.3 Å². The Balaban J connectivity index is 1.68. The quantitative estimate of drug-likeness (QED) is 0.331. The summed E-state index contributed by atoms with van der Waals surface area (Å²) < 4.78 is 5.31. The minimum atomic E-state index is -0.353. The van der Waals surface area contributed by atoms with Crippen LogP contribution in [0.1, 0.15) is 73.2 Å². The molecule has 0 spiro atoms. The normalized spacial score (nSPS) is 13.4. The first-order valence-electron chi connectivity index (χ1n) is 11.7. The molecule has 0 aliphatic heterocycles. The summed E-state index contributed by atoms with van der Waals surface area (Å²) in [5, 5.41) is 6.45. The molecular formula is C25H32N2O4S2. The van der Waals surface area contributed by atoms with E-state index in [4.69, 9.17) is 4.74 Å². The maximum Gasteiger partial charge on any atom is 0.341 e. The van der Waals surface area contributed by atoms with E-state index in [1.165, 1.54) is 34.4 Å². The zero-order valence-corrected chi connectivity index (χ0v) is 21.0. The Morgan fingerprint density at radius 2 is 1.82 bits per heavy atom. The monoisotopic (exact) mass is 488 g/mol. The summed E-state index contributed by atoms with van der Waals surface area (Å²) in [7, 11) is 0. The van der Waals surface area contributed by atoms with Gasteiger partial charge in [0.1, 0.15) is 5.00 Å². The molecule has 0 unspecified atom stereocenters. The van der Waals surface area contributed by atoms with Crippen LogP contribution in [0.3, 0.4) is 0 Å². The molecule has 1 heterocycles. The Kier molecular flexibility index (Phi) is 9.81. The minimum absolute atomic E-state index is 0.0165. The second-order valence-electron chi connectivity index (χ2n) is 8.01. The molecule has 0 saturated carbocycles. The van der Waals surface area contributed by atoms with Gasteiger partial charge in [-0.1, -0.05) is 25.8 Å². The van der Waals surface area contributed by atoms with Crippen molar-refractivity contribution in [2.75, 3.05) is 23.0 Å². The van der Waals surface area contributed by atoms with Crippen LogP contribution in [-0.2, 0) is 27.2 Å². The van der Waals surface area contributed by atoms with Crippen LogP contribution in [0.5, 0.6) is 0 Å². The van der Waals surface area contributed by atoms with Gasteiger partial charge in [0.2, 0.25) is 11.8 Å². The molecule has 0 bridgehead atoms. The van der Waals surface area contributed by atoms with Gasteiger partial charge in [0.05, 0.1) is 17.9 Å². The average Bonchev–Trinajstić information content (AvgIpc) is 3.08. The number of rotatable bonds is 9. The van der Waals surface area contributed by atoms with E-state index in [0.717, 1.165) is 54.7 Å². The molecule has 0 fully saturated rings. The lowest BCUT2D eigenvalue weighted by molar-refractivity contribution is -0.116. The van der Waals surface area contributed by atoms with E-state index in [1.54, 1.807) is 6.92 Å².